The van der Waals surface area contributed by atoms with Crippen molar-refractivity contribution in [2.75, 3.05) is 24.7 Å². The van der Waals surface area contributed by atoms with E-state index in [2.05, 4.69) is 0 Å². The van der Waals surface area contributed by atoms with Crippen LogP contribution in [-0.4, -0.2) is 70.8 Å². The number of carbonyl (C=O) groups is 3. The molecule has 4 heterocycles. The quantitative estimate of drug-likeness (QED) is 0.490. The highest BCUT2D eigenvalue weighted by molar-refractivity contribution is 6.34. The number of aliphatic hydroxyl groups is 1. The number of cyclic esters (lactones) is 1. The second kappa shape index (κ2) is 9.01. The number of ether oxygens (including phenoxy) is 2. The molecule has 0 saturated carbocycles. The zero-order valence-electron chi connectivity index (χ0n) is 20.6. The number of nitrogens with zero attached hydrogens (tertiary/aromatic N) is 2. The Hall–Kier alpha value is -2.68. The molecule has 2 amide bonds. The van der Waals surface area contributed by atoms with Crippen molar-refractivity contribution in [3.63, 3.8) is 0 Å². The maximum absolute atomic E-state index is 14.4. The Morgan fingerprint density at radius 3 is 2.56 bits per heavy atom. The van der Waals surface area contributed by atoms with Gasteiger partial charge in [-0.2, -0.15) is 0 Å². The third kappa shape index (κ3) is 3.53. The van der Waals surface area contributed by atoms with Gasteiger partial charge in [0.15, 0.2) is 0 Å². The van der Waals surface area contributed by atoms with Crippen molar-refractivity contribution in [2.24, 2.45) is 17.8 Å². The molecule has 0 aliphatic carbocycles. The molecule has 4 aliphatic rings. The molecular weight excluding hydrogens is 484 g/mol. The summed E-state index contributed by atoms with van der Waals surface area (Å²) >= 11 is 6.47. The Morgan fingerprint density at radius 1 is 1.11 bits per heavy atom. The second-order valence-corrected chi connectivity index (χ2v) is 10.8. The van der Waals surface area contributed by atoms with Gasteiger partial charge in [-0.05, 0) is 31.4 Å². The van der Waals surface area contributed by atoms with Crippen LogP contribution in [0.2, 0.25) is 5.02 Å². The van der Waals surface area contributed by atoms with Crippen LogP contribution in [0.3, 0.4) is 0 Å². The maximum Gasteiger partial charge on any atom is 0.313 e. The molecule has 2 saturated heterocycles. The Kier molecular flexibility index (Phi) is 6.25. The molecule has 6 atom stereocenters. The second-order valence-electron chi connectivity index (χ2n) is 10.4. The van der Waals surface area contributed by atoms with E-state index in [0.717, 1.165) is 0 Å². The lowest BCUT2D eigenvalue weighted by atomic mass is 9.74. The highest BCUT2D eigenvalue weighted by atomic mass is 35.5. The molecule has 0 radical (unpaired) electrons. The van der Waals surface area contributed by atoms with E-state index in [4.69, 9.17) is 21.1 Å². The molecule has 4 aliphatic heterocycles. The van der Waals surface area contributed by atoms with Crippen LogP contribution in [0.1, 0.15) is 27.2 Å². The van der Waals surface area contributed by atoms with Gasteiger partial charge in [-0.15, -0.1) is 0 Å². The van der Waals surface area contributed by atoms with Crippen LogP contribution >= 0.6 is 11.6 Å². The van der Waals surface area contributed by atoms with E-state index in [1.807, 2.05) is 26.0 Å². The zero-order valence-corrected chi connectivity index (χ0v) is 21.4. The summed E-state index contributed by atoms with van der Waals surface area (Å²) in [7, 11) is 0. The van der Waals surface area contributed by atoms with Crippen molar-refractivity contribution in [3.05, 3.63) is 53.6 Å². The fourth-order valence-corrected chi connectivity index (χ4v) is 6.53. The van der Waals surface area contributed by atoms with Crippen molar-refractivity contribution < 1.29 is 29.0 Å². The summed E-state index contributed by atoms with van der Waals surface area (Å²) in [6.07, 6.45) is 7.80. The number of fused-ring (bicyclic) bond motifs is 2. The molecule has 192 valence electrons. The molecule has 2 fully saturated rings. The summed E-state index contributed by atoms with van der Waals surface area (Å²) < 4.78 is 12.2. The number of rotatable bonds is 4. The molecule has 9 heteroatoms. The molecule has 5 rings (SSSR count). The van der Waals surface area contributed by atoms with E-state index in [1.165, 1.54) is 9.80 Å². The van der Waals surface area contributed by atoms with Gasteiger partial charge in [0, 0.05) is 6.54 Å². The van der Waals surface area contributed by atoms with Crippen molar-refractivity contribution in [1.82, 2.24) is 4.90 Å². The van der Waals surface area contributed by atoms with Gasteiger partial charge in [0.25, 0.3) is 5.91 Å². The predicted octanol–water partition coefficient (Wildman–Crippen LogP) is 2.73. The van der Waals surface area contributed by atoms with E-state index in [-0.39, 0.29) is 31.6 Å². The third-order valence-corrected chi connectivity index (χ3v) is 8.23. The molecule has 1 spiro atoms. The fraction of sp³-hybridized carbons (Fsp3) is 0.519. The molecule has 8 nitrogen and oxygen atoms in total. The first-order valence-electron chi connectivity index (χ1n) is 12.4. The molecular formula is C27H31ClN2O6. The lowest BCUT2D eigenvalue weighted by Crippen LogP contribution is -2.59. The molecule has 36 heavy (non-hydrogen) atoms. The minimum atomic E-state index is -1.42. The number of anilines is 1. The number of likely N-dealkylation sites (tertiary alicyclic amines) is 1. The van der Waals surface area contributed by atoms with Crippen LogP contribution in [-0.2, 0) is 23.9 Å². The Morgan fingerprint density at radius 2 is 1.86 bits per heavy atom. The van der Waals surface area contributed by atoms with E-state index in [1.54, 1.807) is 43.3 Å². The average Bonchev–Trinajstić information content (AvgIpc) is 3.14. The molecule has 0 aromatic heterocycles. The monoisotopic (exact) mass is 514 g/mol. The summed E-state index contributed by atoms with van der Waals surface area (Å²) in [4.78, 5) is 44.9. The largest absolute Gasteiger partial charge is 0.465 e. The number of esters is 1. The van der Waals surface area contributed by atoms with Gasteiger partial charge in [-0.1, -0.05) is 61.9 Å². The zero-order chi connectivity index (χ0) is 25.8. The van der Waals surface area contributed by atoms with E-state index < -0.39 is 47.0 Å². The standard InChI is InChI=1S/C27H31ClN2O6/c1-16(2)19(15-31)30-22-24(33)29(18-10-5-4-9-17(18)28)13-8-12-27(22)20(23(30)32)21-25(34)35-14-7-6-11-26(21,3)36-27/h4-6,8-12,16,19-22,31H,7,13-15H2,1-3H3/t19-,20-,21-,22?,26+,27-/m0/s1. The normalized spacial score (nSPS) is 34.6. The van der Waals surface area contributed by atoms with Crippen LogP contribution in [0, 0.1) is 17.8 Å². The highest BCUT2D eigenvalue weighted by Gasteiger charge is 2.75. The summed E-state index contributed by atoms with van der Waals surface area (Å²) in [5.41, 5.74) is -2.04. The molecule has 1 aromatic carbocycles. The van der Waals surface area contributed by atoms with Crippen molar-refractivity contribution in [2.45, 2.75) is 50.5 Å². The Balaban J connectivity index is 1.71. The van der Waals surface area contributed by atoms with Crippen LogP contribution in [0.25, 0.3) is 0 Å². The smallest absolute Gasteiger partial charge is 0.313 e. The first-order valence-corrected chi connectivity index (χ1v) is 12.7. The van der Waals surface area contributed by atoms with E-state index in [9.17, 15) is 19.5 Å². The van der Waals surface area contributed by atoms with Crippen LogP contribution in [0.5, 0.6) is 0 Å². The Bertz CT molecular complexity index is 1150. The number of aliphatic hydroxyl groups excluding tert-OH is 1. The third-order valence-electron chi connectivity index (χ3n) is 7.91. The van der Waals surface area contributed by atoms with Gasteiger partial charge in [0.1, 0.15) is 17.6 Å². The van der Waals surface area contributed by atoms with Crippen LogP contribution < -0.4 is 4.90 Å². The molecule has 1 unspecified atom stereocenters. The van der Waals surface area contributed by atoms with E-state index >= 15 is 0 Å². The van der Waals surface area contributed by atoms with Gasteiger partial charge in [-0.25, -0.2) is 0 Å². The number of hydrogen-bond donors (Lipinski definition) is 1. The number of carbonyl (C=O) groups excluding carboxylic acids is 3. The number of hydrogen-bond acceptors (Lipinski definition) is 6. The molecule has 1 N–H and O–H groups in total. The predicted molar refractivity (Wildman–Crippen MR) is 133 cm³/mol. The molecule has 1 aromatic rings. The van der Waals surface area contributed by atoms with Crippen LogP contribution in [0.15, 0.2) is 48.6 Å². The lowest BCUT2D eigenvalue weighted by Gasteiger charge is -2.41. The topological polar surface area (TPSA) is 96.4 Å². The summed E-state index contributed by atoms with van der Waals surface area (Å²) in [6.45, 7) is 5.63. The summed E-state index contributed by atoms with van der Waals surface area (Å²) in [6, 6.07) is 5.28. The van der Waals surface area contributed by atoms with Gasteiger partial charge < -0.3 is 24.4 Å². The fourth-order valence-electron chi connectivity index (χ4n) is 6.29. The summed E-state index contributed by atoms with van der Waals surface area (Å²) in [5.74, 6) is -3.37. The summed E-state index contributed by atoms with van der Waals surface area (Å²) in [5, 5.41) is 10.7. The number of amides is 2. The minimum Gasteiger partial charge on any atom is -0.465 e. The molecule has 0 bridgehead atoms. The van der Waals surface area contributed by atoms with E-state index in [0.29, 0.717) is 17.1 Å². The minimum absolute atomic E-state index is 0.154. The average molecular weight is 515 g/mol. The van der Waals surface area contributed by atoms with Gasteiger partial charge in [-0.3, -0.25) is 14.4 Å². The number of benzene rings is 1. The maximum atomic E-state index is 14.4. The number of para-hydroxylation sites is 1. The van der Waals surface area contributed by atoms with Crippen molar-refractivity contribution in [1.29, 1.82) is 0 Å². The first-order chi connectivity index (χ1) is 17.2. The van der Waals surface area contributed by atoms with Crippen molar-refractivity contribution >= 4 is 35.1 Å². The van der Waals surface area contributed by atoms with Gasteiger partial charge >= 0.3 is 5.97 Å². The van der Waals surface area contributed by atoms with Gasteiger partial charge in [0.05, 0.1) is 41.5 Å². The number of halogens is 1. The Labute approximate surface area is 215 Å². The highest BCUT2D eigenvalue weighted by Crippen LogP contribution is 2.58. The van der Waals surface area contributed by atoms with Gasteiger partial charge in [0.2, 0.25) is 5.91 Å². The first kappa shape index (κ1) is 25.0. The lowest BCUT2D eigenvalue weighted by molar-refractivity contribution is -0.160. The SMILES string of the molecule is CC(C)[C@H](CO)N1C(=O)[C@@H]2[C@H]3C(=O)OCCC=C[C@@]3(C)O[C@@]23C=CCN(c2ccccc2Cl)C(=O)C13. The van der Waals surface area contributed by atoms with Crippen molar-refractivity contribution in [3.8, 4) is 0 Å². The van der Waals surface area contributed by atoms with Crippen LogP contribution in [0.4, 0.5) is 5.69 Å².